The maximum atomic E-state index is 5.83. The summed E-state index contributed by atoms with van der Waals surface area (Å²) in [6, 6.07) is 7.82. The maximum Gasteiger partial charge on any atom is 0.119 e. The number of methoxy groups -OCH3 is 1. The monoisotopic (exact) mass is 271 g/mol. The minimum atomic E-state index is 0.362. The lowest BCUT2D eigenvalue weighted by Gasteiger charge is -2.18. The molecule has 102 valence electrons. The number of hydrogen-bond donors (Lipinski definition) is 1. The summed E-state index contributed by atoms with van der Waals surface area (Å²) < 4.78 is 10.8. The van der Waals surface area contributed by atoms with Gasteiger partial charge in [-0.25, -0.2) is 0 Å². The zero-order valence-corrected chi connectivity index (χ0v) is 11.9. The van der Waals surface area contributed by atoms with Crippen LogP contribution in [0.25, 0.3) is 0 Å². The van der Waals surface area contributed by atoms with Gasteiger partial charge in [-0.15, -0.1) is 0 Å². The van der Waals surface area contributed by atoms with E-state index in [-0.39, 0.29) is 0 Å². The smallest absolute Gasteiger partial charge is 0.119 e. The lowest BCUT2D eigenvalue weighted by Crippen LogP contribution is -2.34. The van der Waals surface area contributed by atoms with E-state index in [4.69, 9.17) is 21.1 Å². The van der Waals surface area contributed by atoms with Gasteiger partial charge in [-0.3, -0.25) is 0 Å². The highest BCUT2D eigenvalue weighted by Crippen LogP contribution is 2.16. The largest absolute Gasteiger partial charge is 0.492 e. The molecule has 1 aromatic carbocycles. The van der Waals surface area contributed by atoms with Crippen molar-refractivity contribution in [2.75, 3.05) is 26.9 Å². The average Bonchev–Trinajstić information content (AvgIpc) is 2.38. The summed E-state index contributed by atoms with van der Waals surface area (Å²) >= 11 is 5.83. The van der Waals surface area contributed by atoms with Crippen molar-refractivity contribution in [2.24, 2.45) is 0 Å². The minimum Gasteiger partial charge on any atom is -0.492 e. The summed E-state index contributed by atoms with van der Waals surface area (Å²) in [5.41, 5.74) is 0. The minimum absolute atomic E-state index is 0.362. The van der Waals surface area contributed by atoms with Crippen LogP contribution >= 0.6 is 11.6 Å². The summed E-state index contributed by atoms with van der Waals surface area (Å²) in [5.74, 6) is 0.856. The molecule has 1 N–H and O–H groups in total. The molecule has 0 saturated heterocycles. The van der Waals surface area contributed by atoms with Crippen LogP contribution in [-0.2, 0) is 4.74 Å². The first-order valence-electron chi connectivity index (χ1n) is 6.37. The number of likely N-dealkylation sites (N-methyl/N-ethyl adjacent to an activating group) is 1. The molecular weight excluding hydrogens is 250 g/mol. The van der Waals surface area contributed by atoms with E-state index in [1.807, 2.05) is 24.3 Å². The molecule has 0 fully saturated rings. The molecule has 0 radical (unpaired) electrons. The molecule has 3 nitrogen and oxygen atoms in total. The van der Waals surface area contributed by atoms with Gasteiger partial charge in [0, 0.05) is 24.8 Å². The van der Waals surface area contributed by atoms with Crippen LogP contribution in [0.15, 0.2) is 24.3 Å². The van der Waals surface area contributed by atoms with E-state index >= 15 is 0 Å². The number of ether oxygens (including phenoxy) is 2. The molecule has 0 aromatic heterocycles. The molecule has 0 bridgehead atoms. The summed E-state index contributed by atoms with van der Waals surface area (Å²) in [6.07, 6.45) is 2.09. The van der Waals surface area contributed by atoms with E-state index in [1.165, 1.54) is 0 Å². The standard InChI is InChI=1S/C14H22ClNO2/c1-3-16-13(5-4-10-17-2)11-18-14-8-6-12(15)7-9-14/h6-9,13,16H,3-5,10-11H2,1-2H3. The van der Waals surface area contributed by atoms with E-state index < -0.39 is 0 Å². The summed E-state index contributed by atoms with van der Waals surface area (Å²) in [5, 5.41) is 4.14. The first-order valence-corrected chi connectivity index (χ1v) is 6.74. The predicted octanol–water partition coefficient (Wildman–Crippen LogP) is 3.12. The number of hydrogen-bond acceptors (Lipinski definition) is 3. The highest BCUT2D eigenvalue weighted by Gasteiger charge is 2.07. The Bertz CT molecular complexity index is 316. The Hall–Kier alpha value is -0.770. The van der Waals surface area contributed by atoms with Gasteiger partial charge in [-0.05, 0) is 43.7 Å². The van der Waals surface area contributed by atoms with Crippen LogP contribution in [0, 0.1) is 0 Å². The van der Waals surface area contributed by atoms with Crippen molar-refractivity contribution in [3.63, 3.8) is 0 Å². The van der Waals surface area contributed by atoms with Gasteiger partial charge in [-0.1, -0.05) is 18.5 Å². The van der Waals surface area contributed by atoms with Crippen molar-refractivity contribution in [1.29, 1.82) is 0 Å². The van der Waals surface area contributed by atoms with E-state index in [2.05, 4.69) is 12.2 Å². The van der Waals surface area contributed by atoms with Gasteiger partial charge >= 0.3 is 0 Å². The molecule has 4 heteroatoms. The normalized spacial score (nSPS) is 12.4. The molecule has 0 amide bonds. The van der Waals surface area contributed by atoms with Crippen molar-refractivity contribution in [3.8, 4) is 5.75 Å². The molecule has 0 aliphatic rings. The maximum absolute atomic E-state index is 5.83. The molecule has 0 spiro atoms. The van der Waals surface area contributed by atoms with Crippen LogP contribution in [0.3, 0.4) is 0 Å². The first kappa shape index (κ1) is 15.3. The molecule has 1 aromatic rings. The van der Waals surface area contributed by atoms with Crippen molar-refractivity contribution in [3.05, 3.63) is 29.3 Å². The summed E-state index contributed by atoms with van der Waals surface area (Å²) in [6.45, 7) is 4.51. The number of halogens is 1. The zero-order chi connectivity index (χ0) is 13.2. The Kier molecular flexibility index (Phi) is 7.81. The highest BCUT2D eigenvalue weighted by molar-refractivity contribution is 6.30. The van der Waals surface area contributed by atoms with Gasteiger partial charge in [-0.2, -0.15) is 0 Å². The van der Waals surface area contributed by atoms with Crippen LogP contribution in [0.2, 0.25) is 5.02 Å². The van der Waals surface area contributed by atoms with E-state index in [9.17, 15) is 0 Å². The molecule has 1 atom stereocenters. The quantitative estimate of drug-likeness (QED) is 0.700. The third-order valence-electron chi connectivity index (χ3n) is 2.66. The van der Waals surface area contributed by atoms with E-state index in [0.29, 0.717) is 12.6 Å². The average molecular weight is 272 g/mol. The highest BCUT2D eigenvalue weighted by atomic mass is 35.5. The second-order valence-electron chi connectivity index (χ2n) is 4.15. The summed E-state index contributed by atoms with van der Waals surface area (Å²) in [7, 11) is 1.73. The van der Waals surface area contributed by atoms with Crippen LogP contribution in [0.1, 0.15) is 19.8 Å². The Balaban J connectivity index is 2.33. The van der Waals surface area contributed by atoms with Gasteiger partial charge < -0.3 is 14.8 Å². The Morgan fingerprint density at radius 3 is 2.61 bits per heavy atom. The van der Waals surface area contributed by atoms with Gasteiger partial charge in [0.05, 0.1) is 0 Å². The molecule has 1 unspecified atom stereocenters. The lowest BCUT2D eigenvalue weighted by atomic mass is 10.1. The third kappa shape index (κ3) is 6.24. The fourth-order valence-electron chi connectivity index (χ4n) is 1.73. The molecule has 1 rings (SSSR count). The fourth-order valence-corrected chi connectivity index (χ4v) is 1.86. The second-order valence-corrected chi connectivity index (χ2v) is 4.59. The van der Waals surface area contributed by atoms with Crippen molar-refractivity contribution >= 4 is 11.6 Å². The molecular formula is C14H22ClNO2. The number of nitrogens with one attached hydrogen (secondary N) is 1. The van der Waals surface area contributed by atoms with Crippen LogP contribution in [0.5, 0.6) is 5.75 Å². The number of rotatable bonds is 9. The molecule has 18 heavy (non-hydrogen) atoms. The predicted molar refractivity (Wildman–Crippen MR) is 75.5 cm³/mol. The molecule has 0 aliphatic heterocycles. The summed E-state index contributed by atoms with van der Waals surface area (Å²) in [4.78, 5) is 0. The van der Waals surface area contributed by atoms with Crippen molar-refractivity contribution in [2.45, 2.75) is 25.8 Å². The fraction of sp³-hybridized carbons (Fsp3) is 0.571. The van der Waals surface area contributed by atoms with Crippen molar-refractivity contribution in [1.82, 2.24) is 5.32 Å². The van der Waals surface area contributed by atoms with Crippen molar-refractivity contribution < 1.29 is 9.47 Å². The van der Waals surface area contributed by atoms with Gasteiger partial charge in [0.2, 0.25) is 0 Å². The SMILES string of the molecule is CCNC(CCCOC)COc1ccc(Cl)cc1. The Labute approximate surface area is 114 Å². The Morgan fingerprint density at radius 2 is 2.00 bits per heavy atom. The Morgan fingerprint density at radius 1 is 1.28 bits per heavy atom. The molecule has 0 heterocycles. The first-order chi connectivity index (χ1) is 8.76. The van der Waals surface area contributed by atoms with Crippen LogP contribution in [-0.4, -0.2) is 32.9 Å². The molecule has 0 saturated carbocycles. The third-order valence-corrected chi connectivity index (χ3v) is 2.91. The van der Waals surface area contributed by atoms with Crippen LogP contribution < -0.4 is 10.1 Å². The molecule has 0 aliphatic carbocycles. The van der Waals surface area contributed by atoms with Gasteiger partial charge in [0.1, 0.15) is 12.4 Å². The van der Waals surface area contributed by atoms with Crippen LogP contribution in [0.4, 0.5) is 0 Å². The topological polar surface area (TPSA) is 30.5 Å². The van der Waals surface area contributed by atoms with Gasteiger partial charge in [0.15, 0.2) is 0 Å². The second kappa shape index (κ2) is 9.20. The van der Waals surface area contributed by atoms with Gasteiger partial charge in [0.25, 0.3) is 0 Å². The van der Waals surface area contributed by atoms with E-state index in [0.717, 1.165) is 36.8 Å². The lowest BCUT2D eigenvalue weighted by molar-refractivity contribution is 0.181. The number of benzene rings is 1. The zero-order valence-electron chi connectivity index (χ0n) is 11.1. The van der Waals surface area contributed by atoms with E-state index in [1.54, 1.807) is 7.11 Å².